The minimum Gasteiger partial charge on any atom is -0.340 e. The van der Waals surface area contributed by atoms with Crippen molar-refractivity contribution < 1.29 is 9.59 Å². The summed E-state index contributed by atoms with van der Waals surface area (Å²) in [6.07, 6.45) is 2.19. The summed E-state index contributed by atoms with van der Waals surface area (Å²) in [4.78, 5) is 26.6. The molecular formula is C17H26ClN3O2S. The lowest BCUT2D eigenvalue weighted by Gasteiger charge is -2.34. The van der Waals surface area contributed by atoms with Crippen molar-refractivity contribution in [1.82, 2.24) is 10.2 Å². The molecule has 1 saturated heterocycles. The summed E-state index contributed by atoms with van der Waals surface area (Å²) < 4.78 is 0. The Morgan fingerprint density at radius 2 is 1.96 bits per heavy atom. The molecule has 0 aromatic heterocycles. The maximum atomic E-state index is 12.6. The molecule has 1 heterocycles. The second kappa shape index (κ2) is 9.91. The zero-order valence-electron chi connectivity index (χ0n) is 14.4. The van der Waals surface area contributed by atoms with Gasteiger partial charge in [-0.2, -0.15) is 0 Å². The van der Waals surface area contributed by atoms with Crippen molar-refractivity contribution in [3.05, 3.63) is 24.3 Å². The quantitative estimate of drug-likeness (QED) is 0.781. The number of thioether (sulfide) groups is 1. The Kier molecular flexibility index (Phi) is 8.59. The summed E-state index contributed by atoms with van der Waals surface area (Å²) in [5, 5.41) is 5.89. The van der Waals surface area contributed by atoms with Gasteiger partial charge in [-0.1, -0.05) is 0 Å². The number of benzene rings is 1. The lowest BCUT2D eigenvalue weighted by atomic mass is 10.1. The largest absolute Gasteiger partial charge is 0.340 e. The molecule has 5 nitrogen and oxygen atoms in total. The molecule has 2 unspecified atom stereocenters. The average molecular weight is 372 g/mol. The van der Waals surface area contributed by atoms with Crippen LogP contribution in [-0.4, -0.2) is 48.1 Å². The Bertz CT molecular complexity index is 553. The van der Waals surface area contributed by atoms with E-state index < -0.39 is 0 Å². The standard InChI is InChI=1S/C17H25N3O2S.ClH/c1-12(17(22)20-10-4-5-15(11-20)18-3)23-16-8-6-14(7-9-16)19-13(2)21;/h6-9,12,15,18H,4-5,10-11H2,1-3H3,(H,19,21);1H. The fraction of sp³-hybridized carbons (Fsp3) is 0.529. The minimum absolute atomic E-state index is 0. The number of amides is 2. The molecule has 0 radical (unpaired) electrons. The van der Waals surface area contributed by atoms with Crippen LogP contribution in [0.2, 0.25) is 0 Å². The lowest BCUT2D eigenvalue weighted by molar-refractivity contribution is -0.131. The van der Waals surface area contributed by atoms with Gasteiger partial charge in [0.15, 0.2) is 0 Å². The third-order valence-corrected chi connectivity index (χ3v) is 5.08. The van der Waals surface area contributed by atoms with E-state index in [4.69, 9.17) is 0 Å². The molecule has 0 saturated carbocycles. The molecule has 1 aromatic carbocycles. The molecule has 7 heteroatoms. The van der Waals surface area contributed by atoms with Crippen molar-refractivity contribution in [3.8, 4) is 0 Å². The first kappa shape index (κ1) is 20.8. The first-order chi connectivity index (χ1) is 11.0. The third-order valence-electron chi connectivity index (χ3n) is 3.98. The van der Waals surface area contributed by atoms with Gasteiger partial charge in [-0.25, -0.2) is 0 Å². The molecule has 0 spiro atoms. The molecule has 1 aliphatic heterocycles. The van der Waals surface area contributed by atoms with Crippen molar-refractivity contribution in [3.63, 3.8) is 0 Å². The topological polar surface area (TPSA) is 61.4 Å². The SMILES string of the molecule is CNC1CCCN(C(=O)C(C)Sc2ccc(NC(C)=O)cc2)C1.Cl. The van der Waals surface area contributed by atoms with Gasteiger partial charge in [0.2, 0.25) is 11.8 Å². The molecule has 0 aliphatic carbocycles. The minimum atomic E-state index is -0.114. The third kappa shape index (κ3) is 6.00. The van der Waals surface area contributed by atoms with Crippen LogP contribution in [-0.2, 0) is 9.59 Å². The molecule has 2 atom stereocenters. The molecular weight excluding hydrogens is 346 g/mol. The first-order valence-electron chi connectivity index (χ1n) is 8.00. The van der Waals surface area contributed by atoms with Gasteiger partial charge in [0, 0.05) is 36.6 Å². The number of anilines is 1. The predicted molar refractivity (Wildman–Crippen MR) is 102 cm³/mol. The second-order valence-corrected chi connectivity index (χ2v) is 7.29. The normalized spacial score (nSPS) is 18.5. The number of carbonyl (C=O) groups excluding carboxylic acids is 2. The molecule has 2 N–H and O–H groups in total. The fourth-order valence-electron chi connectivity index (χ4n) is 2.74. The van der Waals surface area contributed by atoms with Crippen molar-refractivity contribution in [2.45, 2.75) is 42.9 Å². The van der Waals surface area contributed by atoms with Crippen molar-refractivity contribution in [1.29, 1.82) is 0 Å². The number of hydrogen-bond acceptors (Lipinski definition) is 4. The number of nitrogens with zero attached hydrogens (tertiary/aromatic N) is 1. The molecule has 1 fully saturated rings. The maximum absolute atomic E-state index is 12.6. The molecule has 0 bridgehead atoms. The predicted octanol–water partition coefficient (Wildman–Crippen LogP) is 2.76. The number of piperidine rings is 1. The summed E-state index contributed by atoms with van der Waals surface area (Å²) in [5.74, 6) is 0.110. The molecule has 1 aromatic rings. The van der Waals surface area contributed by atoms with Crippen molar-refractivity contribution in [2.75, 3.05) is 25.5 Å². The van der Waals surface area contributed by atoms with E-state index in [1.165, 1.54) is 6.92 Å². The number of hydrogen-bond donors (Lipinski definition) is 2. The molecule has 24 heavy (non-hydrogen) atoms. The Morgan fingerprint density at radius 3 is 2.54 bits per heavy atom. The molecule has 2 rings (SSSR count). The Labute approximate surface area is 154 Å². The number of carbonyl (C=O) groups is 2. The molecule has 1 aliphatic rings. The number of likely N-dealkylation sites (N-methyl/N-ethyl adjacent to an activating group) is 1. The second-order valence-electron chi connectivity index (χ2n) is 5.88. The van der Waals surface area contributed by atoms with E-state index in [1.807, 2.05) is 43.1 Å². The molecule has 134 valence electrons. The zero-order valence-corrected chi connectivity index (χ0v) is 16.0. The van der Waals surface area contributed by atoms with Crippen LogP contribution < -0.4 is 10.6 Å². The van der Waals surface area contributed by atoms with Crippen LogP contribution in [0.25, 0.3) is 0 Å². The number of likely N-dealkylation sites (tertiary alicyclic amines) is 1. The van der Waals surface area contributed by atoms with Gasteiger partial charge in [0.05, 0.1) is 5.25 Å². The highest BCUT2D eigenvalue weighted by molar-refractivity contribution is 8.00. The van der Waals surface area contributed by atoms with E-state index in [0.29, 0.717) is 6.04 Å². The van der Waals surface area contributed by atoms with Crippen LogP contribution in [0.4, 0.5) is 5.69 Å². The highest BCUT2D eigenvalue weighted by Gasteiger charge is 2.26. The summed E-state index contributed by atoms with van der Waals surface area (Å²) in [5.41, 5.74) is 0.772. The summed E-state index contributed by atoms with van der Waals surface area (Å²) in [6.45, 7) is 5.09. The summed E-state index contributed by atoms with van der Waals surface area (Å²) >= 11 is 1.56. The van der Waals surface area contributed by atoms with Crippen LogP contribution in [0.5, 0.6) is 0 Å². The number of rotatable bonds is 5. The van der Waals surface area contributed by atoms with Gasteiger partial charge < -0.3 is 15.5 Å². The lowest BCUT2D eigenvalue weighted by Crippen LogP contribution is -2.49. The highest BCUT2D eigenvalue weighted by Crippen LogP contribution is 2.26. The number of halogens is 1. The number of nitrogens with one attached hydrogen (secondary N) is 2. The average Bonchev–Trinajstić information content (AvgIpc) is 2.55. The smallest absolute Gasteiger partial charge is 0.235 e. The van der Waals surface area contributed by atoms with E-state index in [-0.39, 0.29) is 29.5 Å². The van der Waals surface area contributed by atoms with Gasteiger partial charge in [0.1, 0.15) is 0 Å². The monoisotopic (exact) mass is 371 g/mol. The highest BCUT2D eigenvalue weighted by atomic mass is 35.5. The van der Waals surface area contributed by atoms with E-state index >= 15 is 0 Å². The van der Waals surface area contributed by atoms with E-state index in [9.17, 15) is 9.59 Å². The van der Waals surface area contributed by atoms with Crippen molar-refractivity contribution >= 4 is 41.7 Å². The van der Waals surface area contributed by atoms with E-state index in [2.05, 4.69) is 10.6 Å². The van der Waals surface area contributed by atoms with Crippen LogP contribution in [0.1, 0.15) is 26.7 Å². The molecule has 2 amide bonds. The maximum Gasteiger partial charge on any atom is 0.235 e. The van der Waals surface area contributed by atoms with Crippen molar-refractivity contribution in [2.24, 2.45) is 0 Å². The summed E-state index contributed by atoms with van der Waals surface area (Å²) in [7, 11) is 1.95. The van der Waals surface area contributed by atoms with Gasteiger partial charge in [-0.15, -0.1) is 24.2 Å². The van der Waals surface area contributed by atoms with Gasteiger partial charge >= 0.3 is 0 Å². The van der Waals surface area contributed by atoms with Crippen LogP contribution in [0.3, 0.4) is 0 Å². The van der Waals surface area contributed by atoms with Crippen LogP contribution in [0, 0.1) is 0 Å². The van der Waals surface area contributed by atoms with E-state index in [0.717, 1.165) is 36.5 Å². The Hall–Kier alpha value is -1.24. The zero-order chi connectivity index (χ0) is 16.8. The van der Waals surface area contributed by atoms with E-state index in [1.54, 1.807) is 11.8 Å². The van der Waals surface area contributed by atoms with Crippen LogP contribution in [0.15, 0.2) is 29.2 Å². The van der Waals surface area contributed by atoms with Gasteiger partial charge in [-0.3, -0.25) is 9.59 Å². The van der Waals surface area contributed by atoms with Crippen LogP contribution >= 0.6 is 24.2 Å². The van der Waals surface area contributed by atoms with Gasteiger partial charge in [-0.05, 0) is 51.1 Å². The first-order valence-corrected chi connectivity index (χ1v) is 8.88. The van der Waals surface area contributed by atoms with Gasteiger partial charge in [0.25, 0.3) is 0 Å². The Balaban J connectivity index is 0.00000288. The Morgan fingerprint density at radius 1 is 1.29 bits per heavy atom. The summed E-state index contributed by atoms with van der Waals surface area (Å²) in [6, 6.07) is 8.00. The fourth-order valence-corrected chi connectivity index (χ4v) is 3.70.